The fraction of sp³-hybridized carbons (Fsp3) is 0.0227. The first kappa shape index (κ1) is 30.5. The number of nitrogens with zero attached hydrogens (tertiary/aromatic N) is 4. The average Bonchev–Trinajstić information content (AvgIpc) is 3.92. The van der Waals surface area contributed by atoms with E-state index in [4.69, 9.17) is 20.3 Å². The Morgan fingerprint density at radius 2 is 1.10 bits per heavy atom. The fourth-order valence-corrected chi connectivity index (χ4v) is 6.64. The summed E-state index contributed by atoms with van der Waals surface area (Å²) in [4.78, 5) is 15.5. The van der Waals surface area contributed by atoms with Gasteiger partial charge in [0, 0.05) is 5.57 Å². The van der Waals surface area contributed by atoms with Crippen LogP contribution in [0.5, 0.6) is 0 Å². The van der Waals surface area contributed by atoms with Gasteiger partial charge in [0.1, 0.15) is 0 Å². The van der Waals surface area contributed by atoms with Crippen molar-refractivity contribution in [2.24, 2.45) is 4.99 Å². The van der Waals surface area contributed by atoms with E-state index in [1.54, 1.807) is 0 Å². The molecule has 8 bridgehead atoms. The molecule has 0 N–H and O–H groups in total. The summed E-state index contributed by atoms with van der Waals surface area (Å²) in [5.41, 5.74) is 13.1. The van der Waals surface area contributed by atoms with Crippen molar-refractivity contribution in [1.29, 1.82) is 0 Å². The monoisotopic (exact) mass is 668 g/mol. The van der Waals surface area contributed by atoms with Crippen molar-refractivity contribution in [2.75, 3.05) is 0 Å². The van der Waals surface area contributed by atoms with Crippen LogP contribution in [0.4, 0.5) is 0 Å². The van der Waals surface area contributed by atoms with Crippen molar-refractivity contribution >= 4 is 41.2 Å². The predicted molar refractivity (Wildman–Crippen MR) is 198 cm³/mol. The second-order valence-electron chi connectivity index (χ2n) is 12.1. The number of aromatic nitrogens is 2. The Labute approximate surface area is 295 Å². The molecule has 5 heterocycles. The molecule has 1 unspecified atom stereocenters. The van der Waals surface area contributed by atoms with E-state index in [1.807, 2.05) is 24.3 Å². The topological polar surface area (TPSA) is 54.7 Å². The van der Waals surface area contributed by atoms with E-state index in [-0.39, 0.29) is 23.1 Å². The third kappa shape index (κ3) is 6.02. The third-order valence-electron chi connectivity index (χ3n) is 8.88. The van der Waals surface area contributed by atoms with Crippen molar-refractivity contribution in [3.63, 3.8) is 0 Å². The molecule has 4 nitrogen and oxygen atoms in total. The molecule has 0 spiro atoms. The smallest absolute Gasteiger partial charge is 0.675 e. The van der Waals surface area contributed by atoms with E-state index < -0.39 is 0 Å². The summed E-state index contributed by atoms with van der Waals surface area (Å²) in [6.07, 6.45) is 12.9. The molecule has 5 heteroatoms. The van der Waals surface area contributed by atoms with Gasteiger partial charge in [0.2, 0.25) is 0 Å². The van der Waals surface area contributed by atoms with Gasteiger partial charge in [-0.1, -0.05) is 158 Å². The fourth-order valence-electron chi connectivity index (χ4n) is 6.64. The van der Waals surface area contributed by atoms with E-state index in [0.717, 1.165) is 83.7 Å². The molecule has 49 heavy (non-hydrogen) atoms. The minimum Gasteiger partial charge on any atom is -0.675 e. The number of hydrogen-bond acceptors (Lipinski definition) is 1. The zero-order chi connectivity index (χ0) is 31.9. The standard InChI is InChI=1S/C44H29N4.Mn/c1-5-13-29(14-6-1)37-23-33-21-34-24-39(31-17-9-3-10-18-31)43(47-34)28-44-40(32-19-11-4-12-20-32)26-36(48-44)22-35-25-38(30-15-7-2-8-16-30)42(46-35)27-41(37)45-33;/h1-28,33H;/q-3;+3/b34-21-,36-22+,41-27-,43-28?;. The molecule has 6 aromatic rings. The van der Waals surface area contributed by atoms with Crippen LogP contribution in [-0.2, 0) is 17.1 Å². The first-order valence-corrected chi connectivity index (χ1v) is 16.2. The molecule has 3 aliphatic rings. The van der Waals surface area contributed by atoms with Crippen LogP contribution in [0.15, 0.2) is 162 Å². The largest absolute Gasteiger partial charge is 3.00 e. The Morgan fingerprint density at radius 1 is 0.510 bits per heavy atom. The summed E-state index contributed by atoms with van der Waals surface area (Å²) in [5, 5.41) is 7.00. The van der Waals surface area contributed by atoms with Gasteiger partial charge in [0.25, 0.3) is 0 Å². The van der Waals surface area contributed by atoms with E-state index in [9.17, 15) is 0 Å². The van der Waals surface area contributed by atoms with E-state index in [0.29, 0.717) is 0 Å². The van der Waals surface area contributed by atoms with Crippen LogP contribution in [0, 0.1) is 0 Å². The van der Waals surface area contributed by atoms with Gasteiger partial charge in [0.15, 0.2) is 0 Å². The summed E-state index contributed by atoms with van der Waals surface area (Å²) >= 11 is 0. The molecule has 0 saturated heterocycles. The zero-order valence-electron chi connectivity index (χ0n) is 26.4. The number of rotatable bonds is 4. The maximum absolute atomic E-state index is 5.25. The van der Waals surface area contributed by atoms with Crippen LogP contribution < -0.4 is 20.7 Å². The van der Waals surface area contributed by atoms with Crippen molar-refractivity contribution < 1.29 is 17.1 Å². The summed E-state index contributed by atoms with van der Waals surface area (Å²) in [6, 6.07) is 45.9. The van der Waals surface area contributed by atoms with Crippen LogP contribution in [0.2, 0.25) is 0 Å². The maximum atomic E-state index is 5.25. The third-order valence-corrected chi connectivity index (χ3v) is 8.88. The number of benzene rings is 4. The van der Waals surface area contributed by atoms with Crippen LogP contribution >= 0.6 is 0 Å². The Kier molecular flexibility index (Phi) is 8.06. The zero-order valence-corrected chi connectivity index (χ0v) is 27.6. The van der Waals surface area contributed by atoms with Gasteiger partial charge in [-0.25, -0.2) is 4.99 Å². The SMILES string of the molecule is C1=C(c2ccccc2)C2=N/C1=C/c1cc(-c3ccccc3)c([n-]1)/C=C1\[N-]C(C=C1c1ccccc1)/C=c1/cc(-c3ccccc3)c([n-]1)=C2.[Mn+3]. The molecular formula is C44H29MnN4. The second-order valence-corrected chi connectivity index (χ2v) is 12.1. The molecule has 0 saturated carbocycles. The normalized spacial score (nSPS) is 18.9. The van der Waals surface area contributed by atoms with Crippen LogP contribution in [0.3, 0.4) is 0 Å². The first-order chi connectivity index (χ1) is 23.7. The minimum atomic E-state index is -0.185. The Hall–Kier alpha value is -5.87. The van der Waals surface area contributed by atoms with Crippen LogP contribution in [0.25, 0.3) is 63.0 Å². The number of fused-ring (bicyclic) bond motifs is 7. The quantitative estimate of drug-likeness (QED) is 0.178. The summed E-state index contributed by atoms with van der Waals surface area (Å²) in [5.74, 6) is 0. The van der Waals surface area contributed by atoms with E-state index >= 15 is 0 Å². The molecule has 0 fully saturated rings. The van der Waals surface area contributed by atoms with Gasteiger partial charge in [-0.3, -0.25) is 0 Å². The molecule has 4 aromatic carbocycles. The van der Waals surface area contributed by atoms with Crippen LogP contribution in [0.1, 0.15) is 22.5 Å². The second kappa shape index (κ2) is 13.0. The van der Waals surface area contributed by atoms with E-state index in [2.05, 4.69) is 146 Å². The van der Waals surface area contributed by atoms with Gasteiger partial charge in [-0.15, -0.1) is 33.9 Å². The number of allylic oxidation sites excluding steroid dienone is 3. The average molecular weight is 669 g/mol. The number of aliphatic imine (C=N–C) groups is 1. The molecule has 2 aromatic heterocycles. The number of hydrogen-bond donors (Lipinski definition) is 0. The van der Waals surface area contributed by atoms with Crippen molar-refractivity contribution in [3.05, 3.63) is 196 Å². The first-order valence-electron chi connectivity index (χ1n) is 16.2. The molecular weight excluding hydrogens is 639 g/mol. The van der Waals surface area contributed by atoms with Gasteiger partial charge >= 0.3 is 17.1 Å². The molecule has 3 aliphatic heterocycles. The molecule has 0 amide bonds. The molecule has 0 radical (unpaired) electrons. The van der Waals surface area contributed by atoms with E-state index in [1.165, 1.54) is 0 Å². The maximum Gasteiger partial charge on any atom is 3.00 e. The molecule has 1 atom stereocenters. The summed E-state index contributed by atoms with van der Waals surface area (Å²) in [6.45, 7) is 0. The van der Waals surface area contributed by atoms with Crippen LogP contribution in [-0.4, -0.2) is 11.8 Å². The van der Waals surface area contributed by atoms with Crippen molar-refractivity contribution in [3.8, 4) is 22.3 Å². The Bertz CT molecular complexity index is 2440. The van der Waals surface area contributed by atoms with Crippen molar-refractivity contribution in [1.82, 2.24) is 9.97 Å². The van der Waals surface area contributed by atoms with Crippen molar-refractivity contribution in [2.45, 2.75) is 6.04 Å². The molecule has 232 valence electrons. The minimum absolute atomic E-state index is 0. The summed E-state index contributed by atoms with van der Waals surface area (Å²) in [7, 11) is 0. The van der Waals surface area contributed by atoms with Gasteiger partial charge in [-0.05, 0) is 51.1 Å². The Balaban J connectivity index is 0.00000348. The summed E-state index contributed by atoms with van der Waals surface area (Å²) < 4.78 is 0. The van der Waals surface area contributed by atoms with Gasteiger partial charge < -0.3 is 15.3 Å². The van der Waals surface area contributed by atoms with Gasteiger partial charge in [0.05, 0.1) is 11.4 Å². The predicted octanol–water partition coefficient (Wildman–Crippen LogP) is 8.27. The molecule has 0 aliphatic carbocycles. The molecule has 9 rings (SSSR count). The van der Waals surface area contributed by atoms with Gasteiger partial charge in [-0.2, -0.15) is 0 Å². The Morgan fingerprint density at radius 3 is 1.76 bits per heavy atom.